The highest BCUT2D eigenvalue weighted by Gasteiger charge is 2.53. The zero-order chi connectivity index (χ0) is 55.0. The van der Waals surface area contributed by atoms with Crippen molar-refractivity contribution in [2.75, 3.05) is 0 Å². The van der Waals surface area contributed by atoms with Crippen molar-refractivity contribution in [2.45, 2.75) is 10.8 Å². The van der Waals surface area contributed by atoms with E-state index < -0.39 is 200 Å². The average Bonchev–Trinajstić information content (AvgIpc) is 2.94. The van der Waals surface area contributed by atoms with Gasteiger partial charge in [0.25, 0.3) is 0 Å². The molecule has 0 fully saturated rings. The number of hydrogen-bond acceptors (Lipinski definition) is 1. The van der Waals surface area contributed by atoms with Crippen LogP contribution in [0.25, 0.3) is 55.3 Å². The first-order chi connectivity index (χ1) is 36.4. The Hall–Kier alpha value is -6.96. The number of rotatable bonds is 1. The van der Waals surface area contributed by atoms with Gasteiger partial charge in [-0.3, -0.25) is 0 Å². The van der Waals surface area contributed by atoms with E-state index in [4.69, 9.17) is 17.1 Å². The summed E-state index contributed by atoms with van der Waals surface area (Å²) < 4.78 is 214. The molecular formula is C54H32O. The molecule has 0 saturated carbocycles. The molecule has 55 heavy (non-hydrogen) atoms. The van der Waals surface area contributed by atoms with E-state index in [0.717, 1.165) is 10.8 Å². The second kappa shape index (κ2) is 10.4. The van der Waals surface area contributed by atoms with Crippen LogP contribution in [0.2, 0.25) is 0 Å². The fourth-order valence-electron chi connectivity index (χ4n) is 9.41. The summed E-state index contributed by atoms with van der Waals surface area (Å²) in [7, 11) is 0. The maximum Gasteiger partial charge on any atom is 0.132 e. The van der Waals surface area contributed by atoms with Gasteiger partial charge in [-0.1, -0.05) is 169 Å². The monoisotopic (exact) mass is 718 g/mol. The topological polar surface area (TPSA) is 9.23 Å². The molecule has 1 unspecified atom stereocenters. The van der Waals surface area contributed by atoms with Gasteiger partial charge in [-0.2, -0.15) is 0 Å². The highest BCUT2D eigenvalue weighted by Crippen LogP contribution is 2.65. The molecule has 0 N–H and O–H groups in total. The molecule has 9 aromatic carbocycles. The van der Waals surface area contributed by atoms with E-state index in [2.05, 4.69) is 0 Å². The van der Waals surface area contributed by atoms with Crippen LogP contribution < -0.4 is 4.74 Å². The van der Waals surface area contributed by atoms with Crippen LogP contribution in [0.15, 0.2) is 194 Å². The lowest BCUT2D eigenvalue weighted by molar-refractivity contribution is 0.436. The quantitative estimate of drug-likeness (QED) is 0.164. The third-order valence-electron chi connectivity index (χ3n) is 11.4. The van der Waals surface area contributed by atoms with Crippen molar-refractivity contribution in [3.05, 3.63) is 238 Å². The Morgan fingerprint density at radius 3 is 1.65 bits per heavy atom. The van der Waals surface area contributed by atoms with Gasteiger partial charge >= 0.3 is 0 Å². The molecule has 0 saturated heterocycles. The molecule has 1 nitrogen and oxygen atoms in total. The van der Waals surface area contributed by atoms with Gasteiger partial charge in [0.15, 0.2) is 0 Å². The van der Waals surface area contributed by atoms with Crippen LogP contribution in [-0.2, 0) is 10.8 Å². The highest BCUT2D eigenvalue weighted by atomic mass is 16.5. The first-order valence-corrected chi connectivity index (χ1v) is 17.5. The molecule has 3 aliphatic carbocycles. The fraction of sp³-hybridized carbons (Fsp3) is 0.0370. The lowest BCUT2D eigenvalue weighted by Crippen LogP contribution is -2.32. The van der Waals surface area contributed by atoms with E-state index in [-0.39, 0.29) is 22.3 Å². The molecule has 13 rings (SSSR count). The van der Waals surface area contributed by atoms with Gasteiger partial charge in [0.2, 0.25) is 0 Å². The SMILES string of the molecule is [2H]c1c([2H])c([2H])c2c(c1[2H])Oc1c([2H])c([2H])c(-c3c([2H])c([2H])c4c(c3[2H])C3(c5ccccc5-c5c3ccc3ccccc53)c3c([2H])c([2H])c([2H])c([2H])c3-4)c([2H])c1C21c2c([2H])c([2H])c([2H])c([2H])c2-c2c([2H])c([2H])c([2H])c([2H])c21. The Labute approximate surface area is 350 Å². The summed E-state index contributed by atoms with van der Waals surface area (Å²) in [5, 5.41) is 1.55. The number of benzene rings is 9. The predicted molar refractivity (Wildman–Crippen MR) is 223 cm³/mol. The van der Waals surface area contributed by atoms with Gasteiger partial charge in [-0.25, -0.2) is 0 Å². The van der Waals surface area contributed by atoms with E-state index in [1.165, 1.54) is 0 Å². The van der Waals surface area contributed by atoms with Crippen molar-refractivity contribution in [3.8, 4) is 56.0 Å². The minimum atomic E-state index is -2.85. The highest BCUT2D eigenvalue weighted by molar-refractivity contribution is 6.06. The average molecular weight is 719 g/mol. The number of ether oxygens (including phenoxy) is 1. The molecule has 0 amide bonds. The van der Waals surface area contributed by atoms with E-state index in [9.17, 15) is 17.8 Å². The number of hydrogen-bond donors (Lipinski definition) is 0. The molecule has 1 atom stereocenters. The summed E-state index contributed by atoms with van der Waals surface area (Å²) in [5.41, 5.74) is -8.08. The maximum atomic E-state index is 10.6. The van der Waals surface area contributed by atoms with Crippen LogP contribution in [0.3, 0.4) is 0 Å². The van der Waals surface area contributed by atoms with Gasteiger partial charge in [-0.05, 0) is 113 Å². The zero-order valence-corrected chi connectivity index (χ0v) is 28.2. The molecule has 1 heteroatoms. The first kappa shape index (κ1) is 15.8. The van der Waals surface area contributed by atoms with E-state index in [0.29, 0.717) is 22.3 Å². The van der Waals surface area contributed by atoms with Gasteiger partial charge < -0.3 is 4.74 Å². The van der Waals surface area contributed by atoms with Crippen molar-refractivity contribution in [3.63, 3.8) is 0 Å². The lowest BCUT2D eigenvalue weighted by atomic mass is 9.65. The van der Waals surface area contributed by atoms with Crippen molar-refractivity contribution in [1.29, 1.82) is 0 Å². The second-order valence-electron chi connectivity index (χ2n) is 13.8. The van der Waals surface area contributed by atoms with E-state index >= 15 is 0 Å². The standard InChI is InChI=1S/C54H32O/c1-2-14-36-33(13-1)26-29-47-52(36)41-18-6-10-22-45(41)54(47)44-21-9-5-17-39(44)40-28-25-34(31-48(40)54)35-27-30-51-49(32-35)53(46-23-11-12-24-50(46)55-51)42-19-7-3-15-37(42)38-16-4-8-20-43(38)53/h1-32H/i3D,4D,5D,7D,8D,9D,11D,12D,15D,16D,17D,19D,20D,21D,23D,24D,25D,27D,28D,30D,31D,32D. The summed E-state index contributed by atoms with van der Waals surface area (Å²) in [6.45, 7) is 0. The smallest absolute Gasteiger partial charge is 0.132 e. The van der Waals surface area contributed by atoms with Crippen LogP contribution in [-0.4, -0.2) is 0 Å². The minimum Gasteiger partial charge on any atom is -0.457 e. The van der Waals surface area contributed by atoms with Gasteiger partial charge in [0, 0.05) is 11.1 Å². The Morgan fingerprint density at radius 1 is 0.364 bits per heavy atom. The predicted octanol–water partition coefficient (Wildman–Crippen LogP) is 13.3. The summed E-state index contributed by atoms with van der Waals surface area (Å²) >= 11 is 0. The molecule has 254 valence electrons. The zero-order valence-electron chi connectivity index (χ0n) is 50.2. The Balaban J connectivity index is 1.26. The third kappa shape index (κ3) is 3.46. The van der Waals surface area contributed by atoms with Gasteiger partial charge in [0.1, 0.15) is 11.5 Å². The summed E-state index contributed by atoms with van der Waals surface area (Å²) in [4.78, 5) is 0. The van der Waals surface area contributed by atoms with Crippen LogP contribution in [0.1, 0.15) is 74.7 Å². The lowest BCUT2D eigenvalue weighted by Gasteiger charge is -2.39. The Morgan fingerprint density at radius 2 is 0.909 bits per heavy atom. The van der Waals surface area contributed by atoms with Crippen LogP contribution in [0, 0.1) is 0 Å². The minimum absolute atomic E-state index is 0.0251. The molecule has 2 spiro atoms. The third-order valence-corrected chi connectivity index (χ3v) is 11.4. The molecular weight excluding hydrogens is 665 g/mol. The van der Waals surface area contributed by atoms with Crippen molar-refractivity contribution in [2.24, 2.45) is 0 Å². The largest absolute Gasteiger partial charge is 0.457 e. The van der Waals surface area contributed by atoms with Crippen LogP contribution in [0.4, 0.5) is 0 Å². The van der Waals surface area contributed by atoms with Gasteiger partial charge in [0.05, 0.1) is 41.0 Å². The molecule has 1 heterocycles. The molecule has 0 radical (unpaired) electrons. The van der Waals surface area contributed by atoms with Gasteiger partial charge in [-0.15, -0.1) is 0 Å². The maximum absolute atomic E-state index is 10.6. The number of fused-ring (bicyclic) bond motifs is 21. The summed E-state index contributed by atoms with van der Waals surface area (Å²) in [6, 6.07) is 0.204. The van der Waals surface area contributed by atoms with E-state index in [1.54, 1.807) is 24.3 Å². The van der Waals surface area contributed by atoms with Crippen molar-refractivity contribution < 1.29 is 34.9 Å². The number of para-hydroxylation sites is 1. The molecule has 0 bridgehead atoms. The molecule has 4 aliphatic rings. The fourth-order valence-corrected chi connectivity index (χ4v) is 9.41. The molecule has 1 aliphatic heterocycles. The molecule has 9 aromatic rings. The summed E-state index contributed by atoms with van der Waals surface area (Å²) in [6.07, 6.45) is 0. The second-order valence-corrected chi connectivity index (χ2v) is 13.8. The normalized spacial score (nSPS) is 22.3. The first-order valence-electron chi connectivity index (χ1n) is 28.5. The van der Waals surface area contributed by atoms with E-state index in [1.807, 2.05) is 36.4 Å². The Bertz CT molecular complexity index is 4340. The van der Waals surface area contributed by atoms with Crippen molar-refractivity contribution >= 4 is 10.8 Å². The van der Waals surface area contributed by atoms with Crippen LogP contribution >= 0.6 is 0 Å². The van der Waals surface area contributed by atoms with Crippen molar-refractivity contribution in [1.82, 2.24) is 0 Å². The van der Waals surface area contributed by atoms with Crippen LogP contribution in [0.5, 0.6) is 11.5 Å². The molecule has 0 aromatic heterocycles. The summed E-state index contributed by atoms with van der Waals surface area (Å²) in [5.74, 6) is -1.54. The Kier molecular flexibility index (Phi) is 2.98.